The van der Waals surface area contributed by atoms with Gasteiger partial charge in [-0.1, -0.05) is 6.42 Å². The van der Waals surface area contributed by atoms with Crippen LogP contribution in [0.3, 0.4) is 0 Å². The molecule has 2 aliphatic rings. The summed E-state index contributed by atoms with van der Waals surface area (Å²) < 4.78 is 26.9. The van der Waals surface area contributed by atoms with Gasteiger partial charge in [0, 0.05) is 58.7 Å². The summed E-state index contributed by atoms with van der Waals surface area (Å²) >= 11 is 0. The highest BCUT2D eigenvalue weighted by molar-refractivity contribution is 14.0. The van der Waals surface area contributed by atoms with Crippen LogP contribution < -0.4 is 14.9 Å². The predicted octanol–water partition coefficient (Wildman–Crippen LogP) is 0.512. The minimum Gasteiger partial charge on any atom is -0.355 e. The van der Waals surface area contributed by atoms with Crippen LogP contribution in [-0.2, 0) is 10.0 Å². The molecule has 0 bridgehead atoms. The maximum Gasteiger partial charge on any atom is 0.225 e. The topological polar surface area (TPSA) is 103 Å². The van der Waals surface area contributed by atoms with E-state index in [-0.39, 0.29) is 29.7 Å². The summed E-state index contributed by atoms with van der Waals surface area (Å²) in [6, 6.07) is 1.81. The minimum atomic E-state index is -3.24. The van der Waals surface area contributed by atoms with E-state index in [4.69, 9.17) is 0 Å². The molecular formula is C17H30IN7O2S. The van der Waals surface area contributed by atoms with Gasteiger partial charge in [-0.25, -0.2) is 23.1 Å². The first-order valence-corrected chi connectivity index (χ1v) is 11.2. The molecule has 1 saturated carbocycles. The lowest BCUT2D eigenvalue weighted by Crippen LogP contribution is -2.53. The highest BCUT2D eigenvalue weighted by Crippen LogP contribution is 2.25. The van der Waals surface area contributed by atoms with Crippen molar-refractivity contribution in [1.29, 1.82) is 0 Å². The van der Waals surface area contributed by atoms with Gasteiger partial charge in [0.15, 0.2) is 5.96 Å². The Morgan fingerprint density at radius 1 is 1.21 bits per heavy atom. The molecule has 1 saturated heterocycles. The molecule has 9 nitrogen and oxygen atoms in total. The highest BCUT2D eigenvalue weighted by Gasteiger charge is 2.22. The van der Waals surface area contributed by atoms with Gasteiger partial charge in [0.2, 0.25) is 16.0 Å². The van der Waals surface area contributed by atoms with Gasteiger partial charge < -0.3 is 15.1 Å². The SMILES string of the molecule is CN=C(NCCS(=O)(=O)NCC1CCC1)N1CCN(c2ncccn2)CC1.I. The molecule has 0 atom stereocenters. The Bertz CT molecular complexity index is 720. The average molecular weight is 523 g/mol. The fraction of sp³-hybridized carbons (Fsp3) is 0.706. The first-order chi connectivity index (χ1) is 13.1. The molecule has 158 valence electrons. The molecule has 1 aliphatic heterocycles. The summed E-state index contributed by atoms with van der Waals surface area (Å²) in [5.41, 5.74) is 0. The third-order valence-electron chi connectivity index (χ3n) is 5.10. The predicted molar refractivity (Wildman–Crippen MR) is 122 cm³/mol. The number of anilines is 1. The molecule has 0 aromatic carbocycles. The van der Waals surface area contributed by atoms with Crippen molar-refractivity contribution in [3.63, 3.8) is 0 Å². The minimum absolute atomic E-state index is 0. The van der Waals surface area contributed by atoms with Crippen LogP contribution in [0.25, 0.3) is 0 Å². The summed E-state index contributed by atoms with van der Waals surface area (Å²) in [7, 11) is -1.52. The van der Waals surface area contributed by atoms with E-state index in [1.165, 1.54) is 6.42 Å². The van der Waals surface area contributed by atoms with E-state index in [1.807, 2.05) is 0 Å². The molecule has 0 amide bonds. The van der Waals surface area contributed by atoms with Crippen molar-refractivity contribution >= 4 is 45.9 Å². The van der Waals surface area contributed by atoms with Crippen LogP contribution in [0.15, 0.2) is 23.5 Å². The van der Waals surface area contributed by atoms with E-state index in [1.54, 1.807) is 25.5 Å². The van der Waals surface area contributed by atoms with Crippen LogP contribution in [0.1, 0.15) is 19.3 Å². The number of nitrogens with zero attached hydrogens (tertiary/aromatic N) is 5. The second kappa shape index (κ2) is 11.1. The molecule has 2 fully saturated rings. The second-order valence-corrected chi connectivity index (χ2v) is 8.89. The summed E-state index contributed by atoms with van der Waals surface area (Å²) in [6.45, 7) is 4.07. The van der Waals surface area contributed by atoms with E-state index in [9.17, 15) is 8.42 Å². The van der Waals surface area contributed by atoms with Crippen molar-refractivity contribution in [2.75, 3.05) is 57.0 Å². The number of aromatic nitrogens is 2. The summed E-state index contributed by atoms with van der Waals surface area (Å²) in [4.78, 5) is 17.1. The standard InChI is InChI=1S/C17H29N7O2S.HI/c1-18-16(21-8-13-27(25,26)22-14-15-4-2-5-15)23-9-11-24(12-10-23)17-19-6-3-7-20-17;/h3,6-7,15,22H,2,4-5,8-14H2,1H3,(H,18,21);1H. The van der Waals surface area contributed by atoms with Gasteiger partial charge in [-0.3, -0.25) is 4.99 Å². The zero-order chi connectivity index (χ0) is 19.1. The number of nitrogens with one attached hydrogen (secondary N) is 2. The summed E-state index contributed by atoms with van der Waals surface area (Å²) in [6.07, 6.45) is 6.97. The fourth-order valence-electron chi connectivity index (χ4n) is 3.22. The second-order valence-electron chi connectivity index (χ2n) is 6.96. The highest BCUT2D eigenvalue weighted by atomic mass is 127. The van der Waals surface area contributed by atoms with Gasteiger partial charge in [-0.05, 0) is 24.8 Å². The van der Waals surface area contributed by atoms with Crippen molar-refractivity contribution in [3.8, 4) is 0 Å². The van der Waals surface area contributed by atoms with Crippen molar-refractivity contribution in [1.82, 2.24) is 24.9 Å². The Morgan fingerprint density at radius 2 is 1.89 bits per heavy atom. The summed E-state index contributed by atoms with van der Waals surface area (Å²) in [5.74, 6) is 2.04. The zero-order valence-corrected chi connectivity index (χ0v) is 19.4. The number of hydrogen-bond donors (Lipinski definition) is 2. The Hall–Kier alpha value is -1.21. The first-order valence-electron chi connectivity index (χ1n) is 9.52. The molecule has 0 radical (unpaired) electrons. The number of aliphatic imine (C=N–C) groups is 1. The quantitative estimate of drug-likeness (QED) is 0.305. The first kappa shape index (κ1) is 23.1. The van der Waals surface area contributed by atoms with Crippen molar-refractivity contribution in [2.24, 2.45) is 10.9 Å². The molecular weight excluding hydrogens is 493 g/mol. The third-order valence-corrected chi connectivity index (χ3v) is 6.44. The van der Waals surface area contributed by atoms with Gasteiger partial charge in [0.05, 0.1) is 5.75 Å². The Kier molecular flexibility index (Phi) is 9.15. The molecule has 2 N–H and O–H groups in total. The molecule has 3 rings (SSSR count). The van der Waals surface area contributed by atoms with Crippen molar-refractivity contribution < 1.29 is 8.42 Å². The maximum atomic E-state index is 12.1. The van der Waals surface area contributed by atoms with Crippen LogP contribution in [0.5, 0.6) is 0 Å². The molecule has 28 heavy (non-hydrogen) atoms. The summed E-state index contributed by atoms with van der Waals surface area (Å²) in [5, 5.41) is 3.17. The number of sulfonamides is 1. The third kappa shape index (κ3) is 6.69. The molecule has 2 heterocycles. The monoisotopic (exact) mass is 523 g/mol. The van der Waals surface area contributed by atoms with Crippen LogP contribution in [0.2, 0.25) is 0 Å². The van der Waals surface area contributed by atoms with Crippen LogP contribution >= 0.6 is 24.0 Å². The normalized spacial score (nSPS) is 18.4. The van der Waals surface area contributed by atoms with Crippen LogP contribution in [0.4, 0.5) is 5.95 Å². The van der Waals surface area contributed by atoms with Crippen LogP contribution in [0, 0.1) is 5.92 Å². The van der Waals surface area contributed by atoms with E-state index >= 15 is 0 Å². The Balaban J connectivity index is 0.00000280. The zero-order valence-electron chi connectivity index (χ0n) is 16.2. The smallest absolute Gasteiger partial charge is 0.225 e. The number of hydrogen-bond acceptors (Lipinski definition) is 6. The number of halogens is 1. The molecule has 1 aromatic rings. The lowest BCUT2D eigenvalue weighted by atomic mass is 9.86. The van der Waals surface area contributed by atoms with E-state index in [0.29, 0.717) is 19.0 Å². The van der Waals surface area contributed by atoms with Gasteiger partial charge in [-0.2, -0.15) is 0 Å². The Labute approximate surface area is 184 Å². The lowest BCUT2D eigenvalue weighted by Gasteiger charge is -2.36. The van der Waals surface area contributed by atoms with E-state index in [2.05, 4.69) is 34.8 Å². The molecule has 1 aromatic heterocycles. The average Bonchev–Trinajstić information content (AvgIpc) is 2.65. The number of guanidine groups is 1. The lowest BCUT2D eigenvalue weighted by molar-refractivity contribution is 0.316. The van der Waals surface area contributed by atoms with Crippen molar-refractivity contribution in [2.45, 2.75) is 19.3 Å². The number of rotatable bonds is 7. The van der Waals surface area contributed by atoms with Gasteiger partial charge in [0.1, 0.15) is 0 Å². The molecule has 1 aliphatic carbocycles. The Morgan fingerprint density at radius 3 is 2.46 bits per heavy atom. The van der Waals surface area contributed by atoms with Crippen molar-refractivity contribution in [3.05, 3.63) is 18.5 Å². The number of piperazine rings is 1. The van der Waals surface area contributed by atoms with E-state index < -0.39 is 10.0 Å². The molecule has 11 heteroatoms. The van der Waals surface area contributed by atoms with Gasteiger partial charge in [-0.15, -0.1) is 24.0 Å². The van der Waals surface area contributed by atoms with E-state index in [0.717, 1.165) is 50.9 Å². The van der Waals surface area contributed by atoms with Gasteiger partial charge >= 0.3 is 0 Å². The van der Waals surface area contributed by atoms with Gasteiger partial charge in [0.25, 0.3) is 0 Å². The fourth-order valence-corrected chi connectivity index (χ4v) is 4.22. The maximum absolute atomic E-state index is 12.1. The van der Waals surface area contributed by atoms with Crippen LogP contribution in [-0.4, -0.2) is 81.3 Å². The molecule has 0 unspecified atom stereocenters. The largest absolute Gasteiger partial charge is 0.355 e. The molecule has 0 spiro atoms.